The van der Waals surface area contributed by atoms with Crippen LogP contribution < -0.4 is 20.7 Å². The SMILES string of the molecule is O=C(O)N[C@H](C(=O)Nc1ccccc1OC[C@@H]1CNC[C@@H](C(S)c2ccc(Cl)cc2)O1)C(c1ccccc1)c1ccccc1. The zero-order valence-electron chi connectivity index (χ0n) is 23.8. The first kappa shape index (κ1) is 31.4. The fourth-order valence-corrected chi connectivity index (χ4v) is 5.78. The van der Waals surface area contributed by atoms with E-state index in [4.69, 9.17) is 33.7 Å². The van der Waals surface area contributed by atoms with Crippen LogP contribution in [-0.4, -0.2) is 55.1 Å². The lowest BCUT2D eigenvalue weighted by Gasteiger charge is -2.34. The summed E-state index contributed by atoms with van der Waals surface area (Å²) in [5, 5.41) is 19.0. The first-order chi connectivity index (χ1) is 21.4. The Labute approximate surface area is 267 Å². The Morgan fingerprint density at radius 1 is 0.886 bits per heavy atom. The number of thiol groups is 1. The van der Waals surface area contributed by atoms with Gasteiger partial charge in [0.05, 0.1) is 17.0 Å². The van der Waals surface area contributed by atoms with Crippen LogP contribution in [0, 0.1) is 0 Å². The monoisotopic (exact) mass is 631 g/mol. The van der Waals surface area contributed by atoms with E-state index in [9.17, 15) is 14.7 Å². The average Bonchev–Trinajstić information content (AvgIpc) is 3.05. The number of nitrogens with one attached hydrogen (secondary N) is 3. The van der Waals surface area contributed by atoms with Gasteiger partial charge in [0.25, 0.3) is 0 Å². The molecule has 1 fully saturated rings. The normalized spacial score (nSPS) is 17.8. The molecule has 0 aromatic heterocycles. The van der Waals surface area contributed by atoms with Crippen molar-refractivity contribution in [1.82, 2.24) is 10.6 Å². The summed E-state index contributed by atoms with van der Waals surface area (Å²) in [5.41, 5.74) is 3.03. The summed E-state index contributed by atoms with van der Waals surface area (Å²) in [4.78, 5) is 25.7. The molecule has 0 saturated carbocycles. The number of morpholine rings is 1. The molecule has 44 heavy (non-hydrogen) atoms. The number of amides is 2. The second kappa shape index (κ2) is 15.1. The van der Waals surface area contributed by atoms with Crippen LogP contribution in [0.3, 0.4) is 0 Å². The first-order valence-corrected chi connectivity index (χ1v) is 15.2. The third kappa shape index (κ3) is 8.12. The standard InChI is InChI=1S/C34H34ClN3O5S/c35-25-17-15-24(16-18-25)32(44)29-20-36-19-26(43-29)21-42-28-14-8-7-13-27(28)37-33(39)31(38-34(40)41)30(22-9-3-1-4-10-22)23-11-5-2-6-12-23/h1-18,26,29-32,36,38,44H,19-21H2,(H,37,39)(H,40,41)/t26-,29-,31-,32?/m0/s1. The summed E-state index contributed by atoms with van der Waals surface area (Å²) < 4.78 is 12.5. The number of hydrogen-bond donors (Lipinski definition) is 5. The molecule has 0 radical (unpaired) electrons. The molecule has 1 aliphatic rings. The van der Waals surface area contributed by atoms with E-state index >= 15 is 0 Å². The maximum atomic E-state index is 13.8. The minimum atomic E-state index is -1.30. The minimum Gasteiger partial charge on any atom is -0.489 e. The third-order valence-corrected chi connectivity index (χ3v) is 8.31. The topological polar surface area (TPSA) is 109 Å². The van der Waals surface area contributed by atoms with Gasteiger partial charge in [-0.3, -0.25) is 4.79 Å². The van der Waals surface area contributed by atoms with Crippen LogP contribution in [0.25, 0.3) is 0 Å². The summed E-state index contributed by atoms with van der Waals surface area (Å²) >= 11 is 10.8. The highest BCUT2D eigenvalue weighted by Gasteiger charge is 2.33. The molecule has 4 aromatic rings. The number of ether oxygens (including phenoxy) is 2. The summed E-state index contributed by atoms with van der Waals surface area (Å²) in [6.07, 6.45) is -1.75. The highest BCUT2D eigenvalue weighted by Crippen LogP contribution is 2.32. The van der Waals surface area contributed by atoms with Crippen LogP contribution in [0.15, 0.2) is 109 Å². The summed E-state index contributed by atoms with van der Waals surface area (Å²) in [7, 11) is 0. The molecule has 4 N–H and O–H groups in total. The molecule has 0 bridgehead atoms. The van der Waals surface area contributed by atoms with Gasteiger partial charge in [-0.05, 0) is 41.0 Å². The number of rotatable bonds is 11. The quantitative estimate of drug-likeness (QED) is 0.127. The lowest BCUT2D eigenvalue weighted by atomic mass is 9.84. The number of para-hydroxylation sites is 2. The molecule has 0 spiro atoms. The Hall–Kier alpha value is -4.02. The number of hydrogen-bond acceptors (Lipinski definition) is 6. The molecule has 10 heteroatoms. The number of carboxylic acid groups (broad SMARTS) is 1. The van der Waals surface area contributed by atoms with Gasteiger partial charge in [0, 0.05) is 24.0 Å². The van der Waals surface area contributed by atoms with Crippen molar-refractivity contribution in [3.05, 3.63) is 131 Å². The van der Waals surface area contributed by atoms with Crippen molar-refractivity contribution in [3.63, 3.8) is 0 Å². The van der Waals surface area contributed by atoms with E-state index < -0.39 is 24.0 Å². The second-order valence-corrected chi connectivity index (χ2v) is 11.5. The van der Waals surface area contributed by atoms with E-state index in [1.807, 2.05) is 91.0 Å². The van der Waals surface area contributed by atoms with E-state index in [1.54, 1.807) is 18.2 Å². The summed E-state index contributed by atoms with van der Waals surface area (Å²) in [6.45, 7) is 1.46. The molecule has 4 atom stereocenters. The van der Waals surface area contributed by atoms with Gasteiger partial charge in [-0.1, -0.05) is 96.5 Å². The maximum absolute atomic E-state index is 13.8. The molecule has 228 valence electrons. The molecule has 1 unspecified atom stereocenters. The highest BCUT2D eigenvalue weighted by molar-refractivity contribution is 7.80. The molecule has 1 heterocycles. The van der Waals surface area contributed by atoms with Gasteiger partial charge < -0.3 is 30.5 Å². The van der Waals surface area contributed by atoms with Gasteiger partial charge in [0.15, 0.2) is 0 Å². The molecule has 0 aliphatic carbocycles. The Kier molecular flexibility index (Phi) is 10.8. The van der Waals surface area contributed by atoms with E-state index in [-0.39, 0.29) is 24.1 Å². The lowest BCUT2D eigenvalue weighted by Crippen LogP contribution is -2.48. The fraction of sp³-hybridized carbons (Fsp3) is 0.235. The summed E-state index contributed by atoms with van der Waals surface area (Å²) in [6, 6.07) is 32.2. The number of anilines is 1. The predicted molar refractivity (Wildman–Crippen MR) is 175 cm³/mol. The van der Waals surface area contributed by atoms with Gasteiger partial charge in [0.1, 0.15) is 24.5 Å². The number of carbonyl (C=O) groups excluding carboxylic acids is 1. The zero-order chi connectivity index (χ0) is 30.9. The molecular formula is C34H34ClN3O5S. The van der Waals surface area contributed by atoms with Crippen LogP contribution in [-0.2, 0) is 9.53 Å². The molecule has 8 nitrogen and oxygen atoms in total. The maximum Gasteiger partial charge on any atom is 0.405 e. The van der Waals surface area contributed by atoms with Gasteiger partial charge in [-0.2, -0.15) is 12.6 Å². The average molecular weight is 632 g/mol. The van der Waals surface area contributed by atoms with Crippen LogP contribution in [0.2, 0.25) is 5.02 Å². The van der Waals surface area contributed by atoms with Crippen molar-refractivity contribution in [2.24, 2.45) is 0 Å². The second-order valence-electron chi connectivity index (χ2n) is 10.5. The van der Waals surface area contributed by atoms with E-state index in [0.717, 1.165) is 16.7 Å². The van der Waals surface area contributed by atoms with Crippen LogP contribution in [0.1, 0.15) is 27.9 Å². The van der Waals surface area contributed by atoms with Crippen molar-refractivity contribution in [1.29, 1.82) is 0 Å². The Balaban J connectivity index is 1.30. The highest BCUT2D eigenvalue weighted by atomic mass is 35.5. The van der Waals surface area contributed by atoms with Gasteiger partial charge in [-0.15, -0.1) is 0 Å². The van der Waals surface area contributed by atoms with Crippen molar-refractivity contribution in [3.8, 4) is 5.75 Å². The largest absolute Gasteiger partial charge is 0.489 e. The Bertz CT molecular complexity index is 1490. The molecule has 1 aliphatic heterocycles. The number of carbonyl (C=O) groups is 2. The fourth-order valence-electron chi connectivity index (χ4n) is 5.31. The first-order valence-electron chi connectivity index (χ1n) is 14.3. The molecule has 4 aromatic carbocycles. The van der Waals surface area contributed by atoms with Crippen molar-refractivity contribution < 1.29 is 24.2 Å². The molecule has 1 saturated heterocycles. The molecule has 2 amide bonds. The molecular weight excluding hydrogens is 598 g/mol. The van der Waals surface area contributed by atoms with Crippen molar-refractivity contribution >= 4 is 41.9 Å². The zero-order valence-corrected chi connectivity index (χ0v) is 25.5. The van der Waals surface area contributed by atoms with E-state index in [0.29, 0.717) is 29.5 Å². The summed E-state index contributed by atoms with van der Waals surface area (Å²) in [5.74, 6) is -0.649. The van der Waals surface area contributed by atoms with Crippen LogP contribution in [0.5, 0.6) is 5.75 Å². The smallest absolute Gasteiger partial charge is 0.405 e. The van der Waals surface area contributed by atoms with E-state index in [1.165, 1.54) is 0 Å². The lowest BCUT2D eigenvalue weighted by molar-refractivity contribution is -0.118. The minimum absolute atomic E-state index is 0.157. The molecule has 5 rings (SSSR count). The Morgan fingerprint density at radius 2 is 1.50 bits per heavy atom. The van der Waals surface area contributed by atoms with Crippen molar-refractivity contribution in [2.75, 3.05) is 25.0 Å². The number of benzene rings is 4. The van der Waals surface area contributed by atoms with Gasteiger partial charge in [0.2, 0.25) is 5.91 Å². The van der Waals surface area contributed by atoms with Crippen LogP contribution >= 0.6 is 24.2 Å². The number of halogens is 1. The van der Waals surface area contributed by atoms with E-state index in [2.05, 4.69) is 16.0 Å². The Morgan fingerprint density at radius 3 is 2.14 bits per heavy atom. The van der Waals surface area contributed by atoms with Gasteiger partial charge >= 0.3 is 6.09 Å². The third-order valence-electron chi connectivity index (χ3n) is 7.43. The van der Waals surface area contributed by atoms with Gasteiger partial charge in [-0.25, -0.2) is 4.79 Å². The van der Waals surface area contributed by atoms with Crippen molar-refractivity contribution in [2.45, 2.75) is 29.4 Å². The van der Waals surface area contributed by atoms with Crippen LogP contribution in [0.4, 0.5) is 10.5 Å². The predicted octanol–water partition coefficient (Wildman–Crippen LogP) is 6.15.